The molecule has 158 valence electrons. The Morgan fingerprint density at radius 2 is 1.53 bits per heavy atom. The molecule has 1 aliphatic carbocycles. The molecule has 1 fully saturated rings. The van der Waals surface area contributed by atoms with Crippen LogP contribution in [0.3, 0.4) is 0 Å². The van der Waals surface area contributed by atoms with Crippen molar-refractivity contribution in [2.24, 2.45) is 5.92 Å². The Morgan fingerprint density at radius 3 is 2.23 bits per heavy atom. The minimum absolute atomic E-state index is 0.220. The summed E-state index contributed by atoms with van der Waals surface area (Å²) in [4.78, 5) is 0. The van der Waals surface area contributed by atoms with Crippen LogP contribution in [0.4, 0.5) is 13.2 Å². The summed E-state index contributed by atoms with van der Waals surface area (Å²) in [5.41, 5.74) is 1.72. The van der Waals surface area contributed by atoms with E-state index in [1.807, 2.05) is 18.2 Å². The minimum Gasteiger partial charge on any atom is -0.207 e. The second-order valence-corrected chi connectivity index (χ2v) is 8.78. The Kier molecular flexibility index (Phi) is 6.46. The van der Waals surface area contributed by atoms with E-state index < -0.39 is 17.5 Å². The van der Waals surface area contributed by atoms with Gasteiger partial charge in [-0.25, -0.2) is 13.2 Å². The van der Waals surface area contributed by atoms with Gasteiger partial charge in [0.1, 0.15) is 17.5 Å². The molecule has 1 saturated carbocycles. The fraction of sp³-hybridized carbons (Fsp3) is 0.407. The van der Waals surface area contributed by atoms with E-state index >= 15 is 4.39 Å². The molecule has 1 aliphatic rings. The van der Waals surface area contributed by atoms with Crippen LogP contribution in [0, 0.1) is 23.4 Å². The van der Waals surface area contributed by atoms with E-state index in [4.69, 9.17) is 0 Å². The predicted octanol–water partition coefficient (Wildman–Crippen LogP) is 8.78. The average molecular weight is 411 g/mol. The molecule has 0 radical (unpaired) electrons. The first-order chi connectivity index (χ1) is 14.5. The molecule has 0 aliphatic heterocycles. The van der Waals surface area contributed by atoms with Crippen molar-refractivity contribution in [3.63, 3.8) is 0 Å². The summed E-state index contributed by atoms with van der Waals surface area (Å²) in [5.74, 6) is -0.434. The van der Waals surface area contributed by atoms with Crippen LogP contribution >= 0.6 is 0 Å². The molecule has 0 unspecified atom stereocenters. The van der Waals surface area contributed by atoms with Gasteiger partial charge >= 0.3 is 0 Å². The highest BCUT2D eigenvalue weighted by molar-refractivity contribution is 5.89. The molecule has 0 atom stereocenters. The van der Waals surface area contributed by atoms with Crippen molar-refractivity contribution >= 4 is 10.8 Å². The van der Waals surface area contributed by atoms with Gasteiger partial charge in [0, 0.05) is 17.0 Å². The molecule has 3 aromatic carbocycles. The van der Waals surface area contributed by atoms with Gasteiger partial charge in [-0.2, -0.15) is 0 Å². The predicted molar refractivity (Wildman–Crippen MR) is 118 cm³/mol. The quantitative estimate of drug-likeness (QED) is 0.356. The Hall–Kier alpha value is -2.29. The van der Waals surface area contributed by atoms with E-state index in [-0.39, 0.29) is 11.1 Å². The summed E-state index contributed by atoms with van der Waals surface area (Å²) in [6.07, 6.45) is 10.3. The lowest BCUT2D eigenvalue weighted by Gasteiger charge is -2.29. The van der Waals surface area contributed by atoms with Crippen LogP contribution in [0.5, 0.6) is 0 Å². The first-order valence-corrected chi connectivity index (χ1v) is 11.2. The lowest BCUT2D eigenvalue weighted by Crippen LogP contribution is -2.13. The van der Waals surface area contributed by atoms with Crippen LogP contribution in [0.2, 0.25) is 0 Å². The Labute approximate surface area is 177 Å². The summed E-state index contributed by atoms with van der Waals surface area (Å²) in [5, 5.41) is 1.34. The third-order valence-corrected chi connectivity index (χ3v) is 6.69. The third-order valence-electron chi connectivity index (χ3n) is 6.69. The van der Waals surface area contributed by atoms with Gasteiger partial charge in [0.25, 0.3) is 0 Å². The van der Waals surface area contributed by atoms with Crippen LogP contribution in [0.1, 0.15) is 69.8 Å². The number of hydrogen-bond donors (Lipinski definition) is 0. The second kappa shape index (κ2) is 9.24. The Morgan fingerprint density at radius 1 is 0.800 bits per heavy atom. The molecule has 0 bridgehead atoms. The lowest BCUT2D eigenvalue weighted by molar-refractivity contribution is 0.303. The maximum atomic E-state index is 15.1. The van der Waals surface area contributed by atoms with Gasteiger partial charge in [-0.15, -0.1) is 0 Å². The maximum absolute atomic E-state index is 15.1. The molecule has 30 heavy (non-hydrogen) atoms. The average Bonchev–Trinajstić information content (AvgIpc) is 2.74. The number of fused-ring (bicyclic) bond motifs is 1. The molecule has 0 aromatic heterocycles. The van der Waals surface area contributed by atoms with E-state index in [9.17, 15) is 8.78 Å². The van der Waals surface area contributed by atoms with Crippen LogP contribution in [-0.4, -0.2) is 0 Å². The molecular formula is C27H29F3. The molecular weight excluding hydrogens is 381 g/mol. The first-order valence-electron chi connectivity index (χ1n) is 11.2. The molecule has 0 amide bonds. The molecule has 0 heterocycles. The van der Waals surface area contributed by atoms with Gasteiger partial charge in [-0.3, -0.25) is 0 Å². The van der Waals surface area contributed by atoms with E-state index in [1.165, 1.54) is 69.1 Å². The van der Waals surface area contributed by atoms with Gasteiger partial charge in [0.2, 0.25) is 0 Å². The number of halogens is 3. The van der Waals surface area contributed by atoms with E-state index in [1.54, 1.807) is 6.07 Å². The molecule has 3 aromatic rings. The number of unbranched alkanes of at least 4 members (excludes halogenated alkanes) is 2. The first kappa shape index (κ1) is 21.0. The molecule has 0 N–H and O–H groups in total. The molecule has 0 nitrogen and oxygen atoms in total. The van der Waals surface area contributed by atoms with E-state index in [2.05, 4.69) is 13.0 Å². The highest BCUT2D eigenvalue weighted by Crippen LogP contribution is 2.39. The van der Waals surface area contributed by atoms with Crippen molar-refractivity contribution in [1.29, 1.82) is 0 Å². The molecule has 4 rings (SSSR count). The standard InChI is InChI=1S/C27H29F3/c1-2-3-4-5-18-6-8-19(9-7-18)20-10-12-25-21(14-20)11-13-26(27(25)30)22-15-23(28)17-24(29)16-22/h10-19H,2-9H2,1H3/t18-,19-. The van der Waals surface area contributed by atoms with Crippen LogP contribution in [0.15, 0.2) is 48.5 Å². The summed E-state index contributed by atoms with van der Waals surface area (Å²) < 4.78 is 42.3. The fourth-order valence-corrected chi connectivity index (χ4v) is 4.96. The van der Waals surface area contributed by atoms with Crippen molar-refractivity contribution in [1.82, 2.24) is 0 Å². The van der Waals surface area contributed by atoms with Crippen molar-refractivity contribution < 1.29 is 13.2 Å². The summed E-state index contributed by atoms with van der Waals surface area (Å²) in [6, 6.07) is 12.6. The third kappa shape index (κ3) is 4.55. The second-order valence-electron chi connectivity index (χ2n) is 8.78. The van der Waals surface area contributed by atoms with Gasteiger partial charge in [-0.05, 0) is 66.2 Å². The maximum Gasteiger partial charge on any atom is 0.138 e. The summed E-state index contributed by atoms with van der Waals surface area (Å²) in [7, 11) is 0. The SMILES string of the molecule is CCCCC[C@H]1CC[C@H](c2ccc3c(F)c(-c4cc(F)cc(F)c4)ccc3c2)CC1. The zero-order valence-electron chi connectivity index (χ0n) is 17.6. The molecule has 3 heteroatoms. The van der Waals surface area contributed by atoms with Gasteiger partial charge < -0.3 is 0 Å². The van der Waals surface area contributed by atoms with Crippen molar-refractivity contribution in [2.45, 2.75) is 64.2 Å². The largest absolute Gasteiger partial charge is 0.207 e. The van der Waals surface area contributed by atoms with Crippen LogP contribution in [-0.2, 0) is 0 Å². The zero-order chi connectivity index (χ0) is 21.1. The monoisotopic (exact) mass is 410 g/mol. The van der Waals surface area contributed by atoms with Crippen molar-refractivity contribution in [3.05, 3.63) is 71.5 Å². The van der Waals surface area contributed by atoms with Crippen LogP contribution < -0.4 is 0 Å². The van der Waals surface area contributed by atoms with E-state index in [0.717, 1.165) is 17.4 Å². The minimum atomic E-state index is -0.704. The van der Waals surface area contributed by atoms with Gasteiger partial charge in [-0.1, -0.05) is 62.9 Å². The highest BCUT2D eigenvalue weighted by Gasteiger charge is 2.22. The van der Waals surface area contributed by atoms with Gasteiger partial charge in [0.15, 0.2) is 0 Å². The highest BCUT2D eigenvalue weighted by atomic mass is 19.1. The fourth-order valence-electron chi connectivity index (χ4n) is 4.96. The summed E-state index contributed by atoms with van der Waals surface area (Å²) >= 11 is 0. The Bertz CT molecular complexity index is 996. The lowest BCUT2D eigenvalue weighted by atomic mass is 9.76. The summed E-state index contributed by atoms with van der Waals surface area (Å²) in [6.45, 7) is 2.25. The van der Waals surface area contributed by atoms with E-state index in [0.29, 0.717) is 11.3 Å². The smallest absolute Gasteiger partial charge is 0.138 e. The number of hydrogen-bond acceptors (Lipinski definition) is 0. The topological polar surface area (TPSA) is 0 Å². The molecule has 0 spiro atoms. The van der Waals surface area contributed by atoms with Crippen molar-refractivity contribution in [3.8, 4) is 11.1 Å². The normalized spacial score (nSPS) is 19.3. The molecule has 0 saturated heterocycles. The number of benzene rings is 3. The number of rotatable bonds is 6. The zero-order valence-corrected chi connectivity index (χ0v) is 17.6. The van der Waals surface area contributed by atoms with Crippen molar-refractivity contribution in [2.75, 3.05) is 0 Å². The Balaban J connectivity index is 1.53. The van der Waals surface area contributed by atoms with Crippen LogP contribution in [0.25, 0.3) is 21.9 Å². The van der Waals surface area contributed by atoms with Gasteiger partial charge in [0.05, 0.1) is 0 Å².